The van der Waals surface area contributed by atoms with Crippen LogP contribution in [0.3, 0.4) is 0 Å². The Morgan fingerprint density at radius 2 is 1.84 bits per heavy atom. The molecule has 0 saturated carbocycles. The number of carbonyl (C=O) groups is 2. The van der Waals surface area contributed by atoms with E-state index < -0.39 is 50.8 Å². The third-order valence-corrected chi connectivity index (χ3v) is 7.40. The van der Waals surface area contributed by atoms with E-state index in [1.165, 1.54) is 30.9 Å². The highest BCUT2D eigenvalue weighted by atomic mass is 32.2. The highest BCUT2D eigenvalue weighted by Gasteiger charge is 2.48. The van der Waals surface area contributed by atoms with Gasteiger partial charge in [-0.25, -0.2) is 18.1 Å². The van der Waals surface area contributed by atoms with Gasteiger partial charge in [-0.2, -0.15) is 13.2 Å². The minimum atomic E-state index is -5.30. The standard InChI is InChI=1S/C25H29F4N3O4S/c1-15-10-19(14-20(26)11-15)18-7-5-6-17(12-18)13-22-21(31-37(30,35)25(27,28)29)8-9-32(22)23(34)24(3,4)36-16(2)33/h5-7,10-12,14,21-22H,8-9,13H2,1-4H3,(H2,30,31,35)/t21-,22-,37?/m0/s1. The summed E-state index contributed by atoms with van der Waals surface area (Å²) in [6, 6.07) is 9.41. The molecular formula is C25H29F4N3O4S. The van der Waals surface area contributed by atoms with Gasteiger partial charge in [0.15, 0.2) is 5.60 Å². The third-order valence-electron chi connectivity index (χ3n) is 6.11. The zero-order valence-corrected chi connectivity index (χ0v) is 21.6. The number of nitrogens with one attached hydrogen (secondary N) is 2. The van der Waals surface area contributed by atoms with Crippen LogP contribution >= 0.6 is 0 Å². The van der Waals surface area contributed by atoms with Crippen molar-refractivity contribution in [3.8, 4) is 11.1 Å². The van der Waals surface area contributed by atoms with Gasteiger partial charge in [0.2, 0.25) is 9.92 Å². The molecule has 1 heterocycles. The van der Waals surface area contributed by atoms with E-state index in [9.17, 15) is 31.4 Å². The molecule has 3 atom stereocenters. The van der Waals surface area contributed by atoms with Crippen LogP contribution in [0, 0.1) is 17.5 Å². The summed E-state index contributed by atoms with van der Waals surface area (Å²) < 4.78 is 80.2. The SMILES string of the molecule is CC(=O)OC(C)(C)C(=O)N1CC[C@H](NS(=N)(=O)C(F)(F)F)[C@@H]1Cc1cccc(-c2cc(C)cc(F)c2)c1. The van der Waals surface area contributed by atoms with E-state index in [1.807, 2.05) is 4.72 Å². The Morgan fingerprint density at radius 1 is 1.16 bits per heavy atom. The molecule has 202 valence electrons. The Morgan fingerprint density at radius 3 is 2.43 bits per heavy atom. The molecule has 1 aliphatic heterocycles. The molecule has 1 aliphatic rings. The maximum Gasteiger partial charge on any atom is 0.492 e. The zero-order chi connectivity index (χ0) is 27.8. The van der Waals surface area contributed by atoms with Crippen molar-refractivity contribution in [2.45, 2.75) is 63.7 Å². The predicted molar refractivity (Wildman–Crippen MR) is 130 cm³/mol. The van der Waals surface area contributed by atoms with Gasteiger partial charge in [0.1, 0.15) is 5.82 Å². The highest BCUT2D eigenvalue weighted by molar-refractivity contribution is 7.91. The molecule has 1 amide bonds. The van der Waals surface area contributed by atoms with Crippen molar-refractivity contribution >= 4 is 21.8 Å². The largest absolute Gasteiger partial charge is 0.492 e. The van der Waals surface area contributed by atoms with Gasteiger partial charge >= 0.3 is 11.5 Å². The van der Waals surface area contributed by atoms with Gasteiger partial charge in [-0.05, 0) is 68.0 Å². The van der Waals surface area contributed by atoms with Crippen LogP contribution in [-0.2, 0) is 30.7 Å². The number of alkyl halides is 3. The van der Waals surface area contributed by atoms with Gasteiger partial charge in [-0.3, -0.25) is 9.59 Å². The number of esters is 1. The Kier molecular flexibility index (Phi) is 8.04. The summed E-state index contributed by atoms with van der Waals surface area (Å²) in [5.41, 5.74) is -4.28. The van der Waals surface area contributed by atoms with E-state index in [-0.39, 0.29) is 19.4 Å². The number of likely N-dealkylation sites (tertiary alicyclic amines) is 1. The number of carbonyl (C=O) groups excluding carboxylic acids is 2. The van der Waals surface area contributed by atoms with Crippen LogP contribution in [-0.4, -0.2) is 50.7 Å². The number of aryl methyl sites for hydroxylation is 1. The van der Waals surface area contributed by atoms with Crippen molar-refractivity contribution < 1.29 is 36.1 Å². The maximum atomic E-state index is 14.0. The first-order valence-corrected chi connectivity index (χ1v) is 13.1. The van der Waals surface area contributed by atoms with Gasteiger partial charge in [0, 0.05) is 19.5 Å². The minimum Gasteiger partial charge on any atom is -0.450 e. The van der Waals surface area contributed by atoms with Crippen LogP contribution in [0.1, 0.15) is 38.3 Å². The van der Waals surface area contributed by atoms with Crippen molar-refractivity contribution in [3.05, 3.63) is 59.4 Å². The average molecular weight is 544 g/mol. The molecule has 1 fully saturated rings. The molecule has 0 bridgehead atoms. The molecule has 0 radical (unpaired) electrons. The summed E-state index contributed by atoms with van der Waals surface area (Å²) in [7, 11) is -5.19. The summed E-state index contributed by atoms with van der Waals surface area (Å²) in [6.07, 6.45) is 0.0519. The van der Waals surface area contributed by atoms with Crippen molar-refractivity contribution in [3.63, 3.8) is 0 Å². The molecule has 12 heteroatoms. The van der Waals surface area contributed by atoms with Crippen molar-refractivity contribution in [2.75, 3.05) is 6.54 Å². The number of halogens is 4. The lowest BCUT2D eigenvalue weighted by Crippen LogP contribution is -2.54. The molecule has 2 aromatic carbocycles. The van der Waals surface area contributed by atoms with Gasteiger partial charge in [0.05, 0.1) is 6.04 Å². The second kappa shape index (κ2) is 10.4. The Balaban J connectivity index is 1.98. The Bertz CT molecular complexity index is 1270. The molecule has 0 spiro atoms. The molecule has 37 heavy (non-hydrogen) atoms. The van der Waals surface area contributed by atoms with E-state index in [2.05, 4.69) is 0 Å². The smallest absolute Gasteiger partial charge is 0.450 e. The summed E-state index contributed by atoms with van der Waals surface area (Å²) >= 11 is 0. The lowest BCUT2D eigenvalue weighted by molar-refractivity contribution is -0.169. The van der Waals surface area contributed by atoms with Crippen molar-refractivity contribution in [1.82, 2.24) is 9.62 Å². The zero-order valence-electron chi connectivity index (χ0n) is 20.8. The maximum absolute atomic E-state index is 14.0. The summed E-state index contributed by atoms with van der Waals surface area (Å²) in [4.78, 5) is 26.1. The molecular weight excluding hydrogens is 514 g/mol. The molecule has 7 nitrogen and oxygen atoms in total. The molecule has 0 aliphatic carbocycles. The topological polar surface area (TPSA) is 99.6 Å². The molecule has 2 aromatic rings. The van der Waals surface area contributed by atoms with Crippen molar-refractivity contribution in [1.29, 1.82) is 4.78 Å². The number of nitrogens with zero attached hydrogens (tertiary/aromatic N) is 1. The Labute approximate surface area is 213 Å². The van der Waals surface area contributed by atoms with E-state index in [0.717, 1.165) is 6.92 Å². The molecule has 3 rings (SSSR count). The Hall–Kier alpha value is -2.99. The fourth-order valence-corrected chi connectivity index (χ4v) is 5.38. The number of hydrogen-bond donors (Lipinski definition) is 2. The van der Waals surface area contributed by atoms with Crippen LogP contribution in [0.5, 0.6) is 0 Å². The molecule has 0 aromatic heterocycles. The fraction of sp³-hybridized carbons (Fsp3) is 0.440. The normalized spacial score (nSPS) is 19.9. The lowest BCUT2D eigenvalue weighted by Gasteiger charge is -2.34. The van der Waals surface area contributed by atoms with E-state index in [0.29, 0.717) is 22.3 Å². The van der Waals surface area contributed by atoms with Crippen LogP contribution in [0.4, 0.5) is 17.6 Å². The molecule has 2 N–H and O–H groups in total. The van der Waals surface area contributed by atoms with E-state index >= 15 is 0 Å². The number of ether oxygens (including phenoxy) is 1. The highest BCUT2D eigenvalue weighted by Crippen LogP contribution is 2.31. The monoisotopic (exact) mass is 543 g/mol. The van der Waals surface area contributed by atoms with Crippen LogP contribution in [0.2, 0.25) is 0 Å². The minimum absolute atomic E-state index is 0.00128. The van der Waals surface area contributed by atoms with Crippen LogP contribution in [0.15, 0.2) is 42.5 Å². The fourth-order valence-electron chi connectivity index (χ4n) is 4.55. The number of hydrogen-bond acceptors (Lipinski definition) is 5. The molecule has 1 unspecified atom stereocenters. The number of benzene rings is 2. The summed E-state index contributed by atoms with van der Waals surface area (Å²) in [5, 5.41) is 0. The van der Waals surface area contributed by atoms with Crippen LogP contribution < -0.4 is 4.72 Å². The van der Waals surface area contributed by atoms with E-state index in [1.54, 1.807) is 37.3 Å². The van der Waals surface area contributed by atoms with Gasteiger partial charge in [-0.15, -0.1) is 0 Å². The first-order chi connectivity index (χ1) is 17.0. The first kappa shape index (κ1) is 28.6. The van der Waals surface area contributed by atoms with Gasteiger partial charge < -0.3 is 9.64 Å². The second-order valence-electron chi connectivity index (χ2n) is 9.61. The average Bonchev–Trinajstić information content (AvgIpc) is 3.12. The number of rotatable bonds is 7. The quantitative estimate of drug-likeness (QED) is 0.390. The lowest BCUT2D eigenvalue weighted by atomic mass is 9.95. The summed E-state index contributed by atoms with van der Waals surface area (Å²) in [5.74, 6) is -1.74. The van der Waals surface area contributed by atoms with Gasteiger partial charge in [0.25, 0.3) is 5.91 Å². The van der Waals surface area contributed by atoms with Crippen molar-refractivity contribution in [2.24, 2.45) is 0 Å². The third kappa shape index (κ3) is 6.67. The molecule has 1 saturated heterocycles. The van der Waals surface area contributed by atoms with E-state index in [4.69, 9.17) is 9.52 Å². The number of amides is 1. The van der Waals surface area contributed by atoms with Gasteiger partial charge in [-0.1, -0.05) is 30.3 Å². The first-order valence-electron chi connectivity index (χ1n) is 11.5. The predicted octanol–water partition coefficient (Wildman–Crippen LogP) is 4.73. The second-order valence-corrected chi connectivity index (χ2v) is 11.4. The van der Waals surface area contributed by atoms with Crippen LogP contribution in [0.25, 0.3) is 11.1 Å². The summed E-state index contributed by atoms with van der Waals surface area (Å²) in [6.45, 7) is 5.65.